The lowest BCUT2D eigenvalue weighted by atomic mass is 9.74. The zero-order valence-corrected chi connectivity index (χ0v) is 10.9. The lowest BCUT2D eigenvalue weighted by Gasteiger charge is -2.31. The number of rotatable bonds is 7. The fraction of sp³-hybridized carbons (Fsp3) is 0.900. The van der Waals surface area contributed by atoms with Crippen LogP contribution >= 0.6 is 0 Å². The molecular formula is C10H21NO4S. The molecule has 0 aliphatic rings. The van der Waals surface area contributed by atoms with Crippen LogP contribution in [0.4, 0.5) is 0 Å². The van der Waals surface area contributed by atoms with Crippen molar-refractivity contribution in [3.05, 3.63) is 0 Å². The first kappa shape index (κ1) is 15.4. The summed E-state index contributed by atoms with van der Waals surface area (Å²) in [5.74, 6) is -1.05. The number of carboxylic acids is 1. The smallest absolute Gasteiger partial charge is 0.311 e. The number of hydrogen-bond acceptors (Lipinski definition) is 4. The maximum Gasteiger partial charge on any atom is 0.311 e. The number of carboxylic acid groups (broad SMARTS) is 1. The third kappa shape index (κ3) is 4.09. The van der Waals surface area contributed by atoms with Gasteiger partial charge >= 0.3 is 5.97 Å². The molecule has 1 atom stereocenters. The molecule has 16 heavy (non-hydrogen) atoms. The number of aliphatic carboxylic acids is 1. The van der Waals surface area contributed by atoms with E-state index in [1.807, 2.05) is 0 Å². The molecule has 3 N–H and O–H groups in total. The molecule has 0 saturated heterocycles. The van der Waals surface area contributed by atoms with Crippen molar-refractivity contribution in [3.8, 4) is 0 Å². The van der Waals surface area contributed by atoms with Crippen molar-refractivity contribution in [2.24, 2.45) is 17.1 Å². The van der Waals surface area contributed by atoms with Crippen LogP contribution in [0.3, 0.4) is 0 Å². The molecule has 0 rings (SSSR count). The van der Waals surface area contributed by atoms with Crippen molar-refractivity contribution >= 4 is 15.8 Å². The van der Waals surface area contributed by atoms with E-state index in [0.29, 0.717) is 12.8 Å². The molecule has 0 fully saturated rings. The van der Waals surface area contributed by atoms with E-state index in [1.54, 1.807) is 13.8 Å². The second kappa shape index (κ2) is 5.63. The average molecular weight is 251 g/mol. The lowest BCUT2D eigenvalue weighted by molar-refractivity contribution is -0.151. The molecule has 0 aliphatic heterocycles. The van der Waals surface area contributed by atoms with Crippen LogP contribution in [0.15, 0.2) is 0 Å². The van der Waals surface area contributed by atoms with Gasteiger partial charge in [-0.05, 0) is 18.8 Å². The van der Waals surface area contributed by atoms with Crippen LogP contribution in [-0.4, -0.2) is 38.0 Å². The van der Waals surface area contributed by atoms with Crippen LogP contribution in [0, 0.1) is 11.3 Å². The van der Waals surface area contributed by atoms with Gasteiger partial charge in [0.25, 0.3) is 0 Å². The second-order valence-electron chi connectivity index (χ2n) is 4.55. The highest BCUT2D eigenvalue weighted by molar-refractivity contribution is 7.90. The Morgan fingerprint density at radius 3 is 2.19 bits per heavy atom. The third-order valence-electron chi connectivity index (χ3n) is 3.03. The molecule has 0 bridgehead atoms. The molecule has 0 spiro atoms. The van der Waals surface area contributed by atoms with Crippen LogP contribution < -0.4 is 5.73 Å². The van der Waals surface area contributed by atoms with Gasteiger partial charge in [0.05, 0.1) is 5.41 Å². The molecule has 1 unspecified atom stereocenters. The maximum atomic E-state index is 11.2. The van der Waals surface area contributed by atoms with Gasteiger partial charge in [-0.1, -0.05) is 13.8 Å². The van der Waals surface area contributed by atoms with E-state index >= 15 is 0 Å². The molecule has 0 aromatic rings. The molecule has 0 amide bonds. The largest absolute Gasteiger partial charge is 0.481 e. The summed E-state index contributed by atoms with van der Waals surface area (Å²) in [5, 5.41) is 9.19. The molecular weight excluding hydrogens is 230 g/mol. The van der Waals surface area contributed by atoms with Gasteiger partial charge in [-0.25, -0.2) is 8.42 Å². The van der Waals surface area contributed by atoms with Crippen molar-refractivity contribution in [2.75, 3.05) is 18.6 Å². The SMILES string of the molecule is CC(C)C(CN)(CCCS(C)(=O)=O)C(=O)O. The first-order chi connectivity index (χ1) is 7.15. The van der Waals surface area contributed by atoms with Crippen molar-refractivity contribution in [3.63, 3.8) is 0 Å². The molecule has 0 aromatic heterocycles. The summed E-state index contributed by atoms with van der Waals surface area (Å²) < 4.78 is 21.9. The Kier molecular flexibility index (Phi) is 5.41. The zero-order chi connectivity index (χ0) is 13.0. The molecule has 0 saturated carbocycles. The predicted molar refractivity (Wildman–Crippen MR) is 62.9 cm³/mol. The Morgan fingerprint density at radius 1 is 1.44 bits per heavy atom. The van der Waals surface area contributed by atoms with E-state index < -0.39 is 21.2 Å². The number of sulfone groups is 1. The summed E-state index contributed by atoms with van der Waals surface area (Å²) in [6, 6.07) is 0. The molecule has 0 aromatic carbocycles. The number of nitrogens with two attached hydrogens (primary N) is 1. The fourth-order valence-corrected chi connectivity index (χ4v) is 2.39. The van der Waals surface area contributed by atoms with Gasteiger partial charge in [0.2, 0.25) is 0 Å². The molecule has 5 nitrogen and oxygen atoms in total. The molecule has 0 aliphatic carbocycles. The minimum atomic E-state index is -3.04. The first-order valence-corrected chi connectivity index (χ1v) is 7.33. The highest BCUT2D eigenvalue weighted by Crippen LogP contribution is 2.32. The zero-order valence-electron chi connectivity index (χ0n) is 10.1. The highest BCUT2D eigenvalue weighted by Gasteiger charge is 2.39. The quantitative estimate of drug-likeness (QED) is 0.686. The van der Waals surface area contributed by atoms with Gasteiger partial charge in [-0.2, -0.15) is 0 Å². The molecule has 6 heteroatoms. The second-order valence-corrected chi connectivity index (χ2v) is 6.81. The van der Waals surface area contributed by atoms with Crippen molar-refractivity contribution in [2.45, 2.75) is 26.7 Å². The van der Waals surface area contributed by atoms with Gasteiger partial charge in [-0.3, -0.25) is 4.79 Å². The van der Waals surface area contributed by atoms with Crippen LogP contribution in [0.1, 0.15) is 26.7 Å². The Hall–Kier alpha value is -0.620. The monoisotopic (exact) mass is 251 g/mol. The Balaban J connectivity index is 4.63. The first-order valence-electron chi connectivity index (χ1n) is 5.27. The van der Waals surface area contributed by atoms with E-state index in [4.69, 9.17) is 5.73 Å². The number of hydrogen-bond donors (Lipinski definition) is 2. The van der Waals surface area contributed by atoms with Gasteiger partial charge in [0, 0.05) is 18.6 Å². The fourth-order valence-electron chi connectivity index (χ4n) is 1.72. The maximum absolute atomic E-state index is 11.2. The van der Waals surface area contributed by atoms with E-state index in [1.165, 1.54) is 0 Å². The van der Waals surface area contributed by atoms with E-state index in [2.05, 4.69) is 0 Å². The van der Waals surface area contributed by atoms with Crippen molar-refractivity contribution in [1.82, 2.24) is 0 Å². The van der Waals surface area contributed by atoms with Gasteiger partial charge in [0.15, 0.2) is 0 Å². The topological polar surface area (TPSA) is 97.5 Å². The standard InChI is InChI=1S/C10H21NO4S/c1-8(2)10(7-11,9(12)13)5-4-6-16(3,14)15/h8H,4-7,11H2,1-3H3,(H,12,13). The van der Waals surface area contributed by atoms with Gasteiger partial charge < -0.3 is 10.8 Å². The number of carbonyl (C=O) groups is 1. The lowest BCUT2D eigenvalue weighted by Crippen LogP contribution is -2.43. The summed E-state index contributed by atoms with van der Waals surface area (Å²) >= 11 is 0. The van der Waals surface area contributed by atoms with Gasteiger partial charge in [-0.15, -0.1) is 0 Å². The summed E-state index contributed by atoms with van der Waals surface area (Å²) in [6.45, 7) is 3.62. The summed E-state index contributed by atoms with van der Waals surface area (Å²) in [4.78, 5) is 11.2. The molecule has 0 radical (unpaired) electrons. The molecule has 0 heterocycles. The predicted octanol–water partition coefficient (Wildman–Crippen LogP) is 0.497. The van der Waals surface area contributed by atoms with E-state index in [9.17, 15) is 18.3 Å². The Labute approximate surface area is 96.9 Å². The Bertz CT molecular complexity index is 337. The van der Waals surface area contributed by atoms with Crippen LogP contribution in [0.2, 0.25) is 0 Å². The highest BCUT2D eigenvalue weighted by atomic mass is 32.2. The van der Waals surface area contributed by atoms with Crippen LogP contribution in [0.25, 0.3) is 0 Å². The van der Waals surface area contributed by atoms with Crippen molar-refractivity contribution in [1.29, 1.82) is 0 Å². The Morgan fingerprint density at radius 2 is 1.94 bits per heavy atom. The minimum absolute atomic E-state index is 0.00868. The molecule has 96 valence electrons. The van der Waals surface area contributed by atoms with Crippen molar-refractivity contribution < 1.29 is 18.3 Å². The van der Waals surface area contributed by atoms with E-state index in [-0.39, 0.29) is 18.2 Å². The summed E-state index contributed by atoms with van der Waals surface area (Å²) in [7, 11) is -3.04. The van der Waals surface area contributed by atoms with E-state index in [0.717, 1.165) is 6.26 Å². The minimum Gasteiger partial charge on any atom is -0.481 e. The third-order valence-corrected chi connectivity index (χ3v) is 4.06. The van der Waals surface area contributed by atoms with Crippen LogP contribution in [-0.2, 0) is 14.6 Å². The average Bonchev–Trinajstić information content (AvgIpc) is 2.09. The summed E-state index contributed by atoms with van der Waals surface area (Å²) in [5.41, 5.74) is 4.52. The van der Waals surface area contributed by atoms with Crippen LogP contribution in [0.5, 0.6) is 0 Å². The van der Waals surface area contributed by atoms with Gasteiger partial charge in [0.1, 0.15) is 9.84 Å². The normalized spacial score (nSPS) is 16.1. The summed E-state index contributed by atoms with van der Waals surface area (Å²) in [6.07, 6.45) is 1.78.